The largest absolute Gasteiger partial charge is 0.491 e. The van der Waals surface area contributed by atoms with Crippen LogP contribution in [0.4, 0.5) is 4.79 Å². The topological polar surface area (TPSA) is 36.0 Å². The van der Waals surface area contributed by atoms with Crippen molar-refractivity contribution in [3.63, 3.8) is 0 Å². The van der Waals surface area contributed by atoms with Crippen molar-refractivity contribution < 1.29 is 9.53 Å². The maximum atomic E-state index is 12.1. The number of amides is 2. The second-order valence-electron chi connectivity index (χ2n) is 10.2. The number of hydrogen-bond donors (Lipinski definition) is 0. The minimum atomic E-state index is 0.164. The summed E-state index contributed by atoms with van der Waals surface area (Å²) < 4.78 is 7.09. The molecule has 2 amide bonds. The van der Waals surface area contributed by atoms with Crippen molar-refractivity contribution in [1.29, 1.82) is 0 Å². The lowest BCUT2D eigenvalue weighted by Crippen LogP contribution is -2.44. The monoisotopic (exact) mass is 507 g/mol. The van der Waals surface area contributed by atoms with E-state index in [9.17, 15) is 4.79 Å². The van der Waals surface area contributed by atoms with Crippen molar-refractivity contribution in [2.75, 3.05) is 46.8 Å². The highest BCUT2D eigenvalue weighted by Crippen LogP contribution is 2.29. The van der Waals surface area contributed by atoms with E-state index in [-0.39, 0.29) is 12.1 Å². The van der Waals surface area contributed by atoms with Crippen molar-refractivity contribution in [3.8, 4) is 5.75 Å². The van der Waals surface area contributed by atoms with Gasteiger partial charge in [-0.1, -0.05) is 15.9 Å². The molecule has 2 aliphatic rings. The van der Waals surface area contributed by atoms with Crippen LogP contribution in [0, 0.1) is 11.8 Å². The number of ether oxygens (including phenoxy) is 1. The van der Waals surface area contributed by atoms with Crippen molar-refractivity contribution in [2.24, 2.45) is 11.8 Å². The van der Waals surface area contributed by atoms with Gasteiger partial charge in [-0.15, -0.1) is 0 Å². The third-order valence-electron chi connectivity index (χ3n) is 6.96. The number of carbonyl (C=O) groups is 1. The number of halogens is 1. The van der Waals surface area contributed by atoms with Gasteiger partial charge in [0.05, 0.1) is 6.10 Å². The standard InChI is InChI=1S/C26H42BrN3O2/c1-20(2)32-24-7-8-25(27)23(19-24)18-22-9-14-29(15-10-22)13-5-6-21-11-16-30(17-12-21)26(31)28(3)4/h7-8,19-22H,5-6,9-18H2,1-4H3. The first-order chi connectivity index (χ1) is 15.3. The van der Waals surface area contributed by atoms with Crippen molar-refractivity contribution in [3.05, 3.63) is 28.2 Å². The second-order valence-corrected chi connectivity index (χ2v) is 11.0. The van der Waals surface area contributed by atoms with Crippen LogP contribution in [0.3, 0.4) is 0 Å². The fourth-order valence-corrected chi connectivity index (χ4v) is 5.49. The van der Waals surface area contributed by atoms with Crippen LogP contribution in [0.5, 0.6) is 5.75 Å². The van der Waals surface area contributed by atoms with Crippen LogP contribution in [0.2, 0.25) is 0 Å². The highest BCUT2D eigenvalue weighted by molar-refractivity contribution is 9.10. The Balaban J connectivity index is 1.33. The van der Waals surface area contributed by atoms with Crippen LogP contribution in [0.15, 0.2) is 22.7 Å². The molecule has 0 radical (unpaired) electrons. The number of rotatable bonds is 8. The molecule has 0 N–H and O–H groups in total. The number of urea groups is 1. The van der Waals surface area contributed by atoms with Gasteiger partial charge in [0.2, 0.25) is 0 Å². The minimum Gasteiger partial charge on any atom is -0.491 e. The van der Waals surface area contributed by atoms with Crippen LogP contribution in [0.25, 0.3) is 0 Å². The molecule has 0 aromatic heterocycles. The average molecular weight is 509 g/mol. The molecule has 0 saturated carbocycles. The first kappa shape index (κ1) is 25.4. The summed E-state index contributed by atoms with van der Waals surface area (Å²) >= 11 is 3.74. The summed E-state index contributed by atoms with van der Waals surface area (Å²) in [7, 11) is 3.68. The zero-order chi connectivity index (χ0) is 23.1. The summed E-state index contributed by atoms with van der Waals surface area (Å²) in [6, 6.07) is 6.56. The number of carbonyl (C=O) groups excluding carboxylic acids is 1. The quantitative estimate of drug-likeness (QED) is 0.454. The third kappa shape index (κ3) is 7.65. The van der Waals surface area contributed by atoms with Gasteiger partial charge in [-0.2, -0.15) is 0 Å². The van der Waals surface area contributed by atoms with Crippen LogP contribution >= 0.6 is 15.9 Å². The van der Waals surface area contributed by atoms with Crippen LogP contribution < -0.4 is 4.74 Å². The molecule has 32 heavy (non-hydrogen) atoms. The summed E-state index contributed by atoms with van der Waals surface area (Å²) in [6.07, 6.45) is 8.83. The van der Waals surface area contributed by atoms with Gasteiger partial charge in [0.15, 0.2) is 0 Å². The van der Waals surface area contributed by atoms with E-state index in [4.69, 9.17) is 4.74 Å². The summed E-state index contributed by atoms with van der Waals surface area (Å²) in [6.45, 7) is 9.67. The van der Waals surface area contributed by atoms with Gasteiger partial charge in [0, 0.05) is 31.7 Å². The Kier molecular flexibility index (Phi) is 9.72. The van der Waals surface area contributed by atoms with Crippen molar-refractivity contribution >= 4 is 22.0 Å². The van der Waals surface area contributed by atoms with Gasteiger partial charge < -0.3 is 19.4 Å². The molecule has 5 nitrogen and oxygen atoms in total. The number of benzene rings is 1. The summed E-state index contributed by atoms with van der Waals surface area (Å²) in [5.41, 5.74) is 1.38. The Bertz CT molecular complexity index is 724. The van der Waals surface area contributed by atoms with E-state index in [1.165, 1.54) is 55.4 Å². The lowest BCUT2D eigenvalue weighted by molar-refractivity contribution is 0.141. The lowest BCUT2D eigenvalue weighted by atomic mass is 9.89. The fourth-order valence-electron chi connectivity index (χ4n) is 5.08. The highest BCUT2D eigenvalue weighted by Gasteiger charge is 2.24. The normalized spacial score (nSPS) is 18.9. The molecule has 0 spiro atoms. The van der Waals surface area contributed by atoms with Gasteiger partial charge in [0.25, 0.3) is 0 Å². The maximum Gasteiger partial charge on any atom is 0.319 e. The predicted octanol–water partition coefficient (Wildman–Crippen LogP) is 5.66. The Morgan fingerprint density at radius 1 is 1.09 bits per heavy atom. The first-order valence-corrected chi connectivity index (χ1v) is 13.2. The van der Waals surface area contributed by atoms with Gasteiger partial charge >= 0.3 is 6.03 Å². The Morgan fingerprint density at radius 3 is 2.38 bits per heavy atom. The van der Waals surface area contributed by atoms with Crippen LogP contribution in [-0.2, 0) is 6.42 Å². The van der Waals surface area contributed by atoms with E-state index in [2.05, 4.69) is 52.9 Å². The van der Waals surface area contributed by atoms with E-state index >= 15 is 0 Å². The first-order valence-electron chi connectivity index (χ1n) is 12.5. The number of piperidine rings is 2. The van der Waals surface area contributed by atoms with Gasteiger partial charge in [-0.05, 0) is 114 Å². The minimum absolute atomic E-state index is 0.164. The summed E-state index contributed by atoms with van der Waals surface area (Å²) in [4.78, 5) is 18.4. The van der Waals surface area contributed by atoms with Crippen molar-refractivity contribution in [1.82, 2.24) is 14.7 Å². The number of likely N-dealkylation sites (tertiary alicyclic amines) is 2. The van der Waals surface area contributed by atoms with E-state index < -0.39 is 0 Å². The van der Waals surface area contributed by atoms with Crippen LogP contribution in [0.1, 0.15) is 57.9 Å². The molecule has 0 atom stereocenters. The molecular formula is C26H42BrN3O2. The van der Waals surface area contributed by atoms with Crippen molar-refractivity contribution in [2.45, 2.75) is 64.9 Å². The maximum absolute atomic E-state index is 12.1. The molecule has 6 heteroatoms. The molecule has 2 aliphatic heterocycles. The predicted molar refractivity (Wildman–Crippen MR) is 135 cm³/mol. The molecule has 2 heterocycles. The molecule has 3 rings (SSSR count). The van der Waals surface area contributed by atoms with Crippen LogP contribution in [-0.4, -0.2) is 73.7 Å². The van der Waals surface area contributed by atoms with Gasteiger partial charge in [0.1, 0.15) is 5.75 Å². The van der Waals surface area contributed by atoms with E-state index in [0.29, 0.717) is 0 Å². The Hall–Kier alpha value is -1.27. The molecule has 1 aromatic rings. The zero-order valence-corrected chi connectivity index (χ0v) is 22.1. The molecular weight excluding hydrogens is 466 g/mol. The van der Waals surface area contributed by atoms with E-state index in [0.717, 1.165) is 49.9 Å². The molecule has 0 unspecified atom stereocenters. The number of hydrogen-bond acceptors (Lipinski definition) is 3. The smallest absolute Gasteiger partial charge is 0.319 e. The van der Waals surface area contributed by atoms with Gasteiger partial charge in [-0.3, -0.25) is 0 Å². The zero-order valence-electron chi connectivity index (χ0n) is 20.5. The SMILES string of the molecule is CC(C)Oc1ccc(Br)c(CC2CCN(CCCC3CCN(C(=O)N(C)C)CC3)CC2)c1. The fraction of sp³-hybridized carbons (Fsp3) is 0.731. The molecule has 0 bridgehead atoms. The molecule has 0 aliphatic carbocycles. The van der Waals surface area contributed by atoms with E-state index in [1.807, 2.05) is 19.0 Å². The Labute approximate surface area is 203 Å². The Morgan fingerprint density at radius 2 is 1.75 bits per heavy atom. The third-order valence-corrected chi connectivity index (χ3v) is 7.73. The lowest BCUT2D eigenvalue weighted by Gasteiger charge is -2.35. The van der Waals surface area contributed by atoms with E-state index in [1.54, 1.807) is 4.90 Å². The molecule has 180 valence electrons. The second kappa shape index (κ2) is 12.3. The molecule has 1 aromatic carbocycles. The van der Waals surface area contributed by atoms with Gasteiger partial charge in [-0.25, -0.2) is 4.79 Å². The summed E-state index contributed by atoms with van der Waals surface area (Å²) in [5.74, 6) is 2.53. The summed E-state index contributed by atoms with van der Waals surface area (Å²) in [5, 5.41) is 0. The number of nitrogens with zero attached hydrogens (tertiary/aromatic N) is 3. The average Bonchev–Trinajstić information content (AvgIpc) is 2.77. The molecule has 2 fully saturated rings. The highest BCUT2D eigenvalue weighted by atomic mass is 79.9. The molecule has 2 saturated heterocycles.